The molecule has 140 valence electrons. The first-order valence-electron chi connectivity index (χ1n) is 8.62. The molecule has 0 saturated carbocycles. The van der Waals surface area contributed by atoms with E-state index < -0.39 is 12.1 Å². The van der Waals surface area contributed by atoms with Crippen molar-refractivity contribution in [3.05, 3.63) is 35.4 Å². The van der Waals surface area contributed by atoms with Crippen molar-refractivity contribution < 1.29 is 18.0 Å². The third-order valence-corrected chi connectivity index (χ3v) is 5.14. The molecule has 1 unspecified atom stereocenters. The molecule has 2 fully saturated rings. The number of rotatable bonds is 2. The molecule has 1 aromatic carbocycles. The van der Waals surface area contributed by atoms with Gasteiger partial charge in [0.05, 0.1) is 5.92 Å². The molecule has 0 aromatic heterocycles. The second-order valence-corrected chi connectivity index (χ2v) is 6.78. The molecular weight excluding hydrogens is 353 g/mol. The second-order valence-electron chi connectivity index (χ2n) is 6.78. The van der Waals surface area contributed by atoms with Crippen LogP contribution in [0.3, 0.4) is 0 Å². The zero-order chi connectivity index (χ0) is 17.2. The molecule has 3 rings (SSSR count). The van der Waals surface area contributed by atoms with Crippen LogP contribution in [0, 0.1) is 5.92 Å². The second kappa shape index (κ2) is 8.41. The fraction of sp³-hybridized carbons (Fsp3) is 0.611. The summed E-state index contributed by atoms with van der Waals surface area (Å²) in [5.41, 5.74) is 1.69. The number of carbonyl (C=O) groups is 1. The van der Waals surface area contributed by atoms with Crippen molar-refractivity contribution in [2.75, 3.05) is 26.2 Å². The molecule has 0 spiro atoms. The lowest BCUT2D eigenvalue weighted by molar-refractivity contribution is -0.184. The van der Waals surface area contributed by atoms with Crippen molar-refractivity contribution in [3.63, 3.8) is 0 Å². The molecular formula is C18H24ClF3N2O. The minimum Gasteiger partial charge on any atom is -0.338 e. The molecule has 1 amide bonds. The van der Waals surface area contributed by atoms with E-state index in [2.05, 4.69) is 5.32 Å². The maximum Gasteiger partial charge on any atom is 0.393 e. The van der Waals surface area contributed by atoms with E-state index in [1.54, 1.807) is 12.1 Å². The fourth-order valence-corrected chi connectivity index (χ4v) is 3.66. The smallest absolute Gasteiger partial charge is 0.338 e. The van der Waals surface area contributed by atoms with Gasteiger partial charge in [-0.15, -0.1) is 12.4 Å². The third kappa shape index (κ3) is 4.88. The maximum absolute atomic E-state index is 12.9. The first kappa shape index (κ1) is 20.0. The van der Waals surface area contributed by atoms with Gasteiger partial charge >= 0.3 is 6.18 Å². The molecule has 0 aliphatic carbocycles. The Kier molecular flexibility index (Phi) is 6.74. The van der Waals surface area contributed by atoms with Crippen LogP contribution < -0.4 is 5.32 Å². The first-order chi connectivity index (χ1) is 11.4. The highest BCUT2D eigenvalue weighted by atomic mass is 35.5. The van der Waals surface area contributed by atoms with Gasteiger partial charge in [-0.3, -0.25) is 4.79 Å². The highest BCUT2D eigenvalue weighted by molar-refractivity contribution is 5.94. The number of nitrogens with one attached hydrogen (secondary N) is 1. The normalized spacial score (nSPS) is 22.4. The quantitative estimate of drug-likeness (QED) is 0.846. The minimum absolute atomic E-state index is 0. The molecule has 0 radical (unpaired) electrons. The molecule has 2 saturated heterocycles. The number of amides is 1. The topological polar surface area (TPSA) is 32.3 Å². The van der Waals surface area contributed by atoms with E-state index in [0.717, 1.165) is 25.9 Å². The Morgan fingerprint density at radius 2 is 1.72 bits per heavy atom. The Labute approximate surface area is 152 Å². The van der Waals surface area contributed by atoms with E-state index in [-0.39, 0.29) is 31.3 Å². The van der Waals surface area contributed by atoms with Crippen molar-refractivity contribution in [2.24, 2.45) is 5.92 Å². The van der Waals surface area contributed by atoms with Crippen LogP contribution in [-0.4, -0.2) is 43.2 Å². The lowest BCUT2D eigenvalue weighted by Gasteiger charge is -2.33. The summed E-state index contributed by atoms with van der Waals surface area (Å²) in [5, 5.41) is 3.32. The minimum atomic E-state index is -4.22. The number of halogens is 4. The number of benzene rings is 1. The Morgan fingerprint density at radius 3 is 2.32 bits per heavy atom. The zero-order valence-electron chi connectivity index (χ0n) is 14.0. The van der Waals surface area contributed by atoms with Crippen LogP contribution in [0.2, 0.25) is 0 Å². The summed E-state index contributed by atoms with van der Waals surface area (Å²) >= 11 is 0. The van der Waals surface area contributed by atoms with Crippen LogP contribution >= 0.6 is 12.4 Å². The number of hydrogen-bond acceptors (Lipinski definition) is 2. The Bertz CT molecular complexity index is 571. The van der Waals surface area contributed by atoms with E-state index in [0.29, 0.717) is 24.4 Å². The largest absolute Gasteiger partial charge is 0.393 e. The number of hydrogen-bond donors (Lipinski definition) is 1. The van der Waals surface area contributed by atoms with Gasteiger partial charge in [0.1, 0.15) is 0 Å². The number of carbonyl (C=O) groups excluding carboxylic acids is 1. The van der Waals surface area contributed by atoms with Crippen molar-refractivity contribution in [1.82, 2.24) is 10.2 Å². The van der Waals surface area contributed by atoms with Gasteiger partial charge in [0.2, 0.25) is 0 Å². The Balaban J connectivity index is 0.00000225. The van der Waals surface area contributed by atoms with E-state index in [1.165, 1.54) is 10.5 Å². The van der Waals surface area contributed by atoms with Gasteiger partial charge in [0, 0.05) is 18.7 Å². The van der Waals surface area contributed by atoms with Crippen LogP contribution in [0.25, 0.3) is 0 Å². The van der Waals surface area contributed by atoms with E-state index >= 15 is 0 Å². The summed E-state index contributed by atoms with van der Waals surface area (Å²) in [6.07, 6.45) is -1.55. The molecule has 2 aliphatic rings. The number of alkyl halides is 3. The average molecular weight is 377 g/mol. The van der Waals surface area contributed by atoms with Gasteiger partial charge in [0.15, 0.2) is 0 Å². The van der Waals surface area contributed by atoms with Crippen LogP contribution in [0.15, 0.2) is 24.3 Å². The fourth-order valence-electron chi connectivity index (χ4n) is 3.66. The number of likely N-dealkylation sites (tertiary alicyclic amines) is 1. The van der Waals surface area contributed by atoms with Gasteiger partial charge in [-0.2, -0.15) is 13.2 Å². The molecule has 2 aliphatic heterocycles. The molecule has 3 nitrogen and oxygen atoms in total. The summed E-state index contributed by atoms with van der Waals surface area (Å²) in [6.45, 7) is 2.18. The maximum atomic E-state index is 12.9. The van der Waals surface area contributed by atoms with Crippen molar-refractivity contribution in [2.45, 2.75) is 37.8 Å². The van der Waals surface area contributed by atoms with Gasteiger partial charge in [-0.05, 0) is 62.4 Å². The standard InChI is InChI=1S/C18H23F3N2O.ClH/c19-18(20,21)16-2-1-11-23(12-16)17(24)15-5-3-13(4-6-15)14-7-9-22-10-8-14;/h3-6,14,16,22H,1-2,7-12H2;1H. The van der Waals surface area contributed by atoms with Crippen LogP contribution in [-0.2, 0) is 0 Å². The molecule has 7 heteroatoms. The van der Waals surface area contributed by atoms with E-state index in [9.17, 15) is 18.0 Å². The Hall–Kier alpha value is -1.27. The molecule has 1 atom stereocenters. The van der Waals surface area contributed by atoms with Crippen molar-refractivity contribution in [3.8, 4) is 0 Å². The van der Waals surface area contributed by atoms with Gasteiger partial charge in [-0.1, -0.05) is 12.1 Å². The number of piperidine rings is 2. The monoisotopic (exact) mass is 376 g/mol. The molecule has 1 aromatic rings. The molecule has 1 N–H and O–H groups in total. The average Bonchev–Trinajstić information content (AvgIpc) is 2.61. The predicted molar refractivity (Wildman–Crippen MR) is 93.2 cm³/mol. The Morgan fingerprint density at radius 1 is 1.08 bits per heavy atom. The third-order valence-electron chi connectivity index (χ3n) is 5.14. The lowest BCUT2D eigenvalue weighted by atomic mass is 9.89. The zero-order valence-corrected chi connectivity index (χ0v) is 14.8. The lowest BCUT2D eigenvalue weighted by Crippen LogP contribution is -2.44. The van der Waals surface area contributed by atoms with E-state index in [4.69, 9.17) is 0 Å². The summed E-state index contributed by atoms with van der Waals surface area (Å²) < 4.78 is 38.7. The highest BCUT2D eigenvalue weighted by Crippen LogP contribution is 2.33. The molecule has 0 bridgehead atoms. The van der Waals surface area contributed by atoms with Gasteiger partial charge in [-0.25, -0.2) is 0 Å². The molecule has 25 heavy (non-hydrogen) atoms. The first-order valence-corrected chi connectivity index (χ1v) is 8.62. The number of nitrogens with zero attached hydrogens (tertiary/aromatic N) is 1. The SMILES string of the molecule is Cl.O=C(c1ccc(C2CCNCC2)cc1)N1CCCC(C(F)(F)F)C1. The summed E-state index contributed by atoms with van der Waals surface area (Å²) in [4.78, 5) is 13.9. The van der Waals surface area contributed by atoms with Gasteiger partial charge in [0.25, 0.3) is 5.91 Å². The van der Waals surface area contributed by atoms with Gasteiger partial charge < -0.3 is 10.2 Å². The summed E-state index contributed by atoms with van der Waals surface area (Å²) in [6, 6.07) is 7.43. The van der Waals surface area contributed by atoms with Crippen molar-refractivity contribution >= 4 is 18.3 Å². The molecule has 2 heterocycles. The van der Waals surface area contributed by atoms with Crippen molar-refractivity contribution in [1.29, 1.82) is 0 Å². The predicted octanol–water partition coefficient (Wildman–Crippen LogP) is 3.99. The summed E-state index contributed by atoms with van der Waals surface area (Å²) in [7, 11) is 0. The van der Waals surface area contributed by atoms with Crippen LogP contribution in [0.5, 0.6) is 0 Å². The van der Waals surface area contributed by atoms with Crippen LogP contribution in [0.4, 0.5) is 13.2 Å². The highest BCUT2D eigenvalue weighted by Gasteiger charge is 2.42. The van der Waals surface area contributed by atoms with E-state index in [1.807, 2.05) is 12.1 Å². The summed E-state index contributed by atoms with van der Waals surface area (Å²) in [5.74, 6) is -1.19. The van der Waals surface area contributed by atoms with Crippen LogP contribution in [0.1, 0.15) is 47.5 Å².